The highest BCUT2D eigenvalue weighted by Gasteiger charge is 2.09. The van der Waals surface area contributed by atoms with Gasteiger partial charge in [0, 0.05) is 26.7 Å². The van der Waals surface area contributed by atoms with Crippen LogP contribution in [0.25, 0.3) is 0 Å². The van der Waals surface area contributed by atoms with Crippen molar-refractivity contribution < 1.29 is 4.79 Å². The van der Waals surface area contributed by atoms with Crippen LogP contribution >= 0.6 is 0 Å². The van der Waals surface area contributed by atoms with E-state index in [2.05, 4.69) is 10.4 Å². The Morgan fingerprint density at radius 2 is 2.31 bits per heavy atom. The van der Waals surface area contributed by atoms with Gasteiger partial charge in [-0.2, -0.15) is 5.10 Å². The van der Waals surface area contributed by atoms with Gasteiger partial charge in [0.05, 0.1) is 11.9 Å². The Morgan fingerprint density at radius 1 is 1.62 bits per heavy atom. The number of anilines is 1. The summed E-state index contributed by atoms with van der Waals surface area (Å²) in [5, 5.41) is 6.71. The monoisotopic (exact) mass is 224 g/mol. The maximum absolute atomic E-state index is 11.6. The molecule has 1 N–H and O–H groups in total. The average molecular weight is 224 g/mol. The zero-order valence-electron chi connectivity index (χ0n) is 9.73. The Morgan fingerprint density at radius 3 is 2.81 bits per heavy atom. The standard InChI is InChI=1S/C10H16N4O2/c1-4-13(3)10(16)7-14-9(15)5-8(11-2)6-12-14/h5-6,11H,4,7H2,1-3H3. The van der Waals surface area contributed by atoms with Crippen LogP contribution in [0.1, 0.15) is 6.92 Å². The number of aromatic nitrogens is 2. The van der Waals surface area contributed by atoms with Crippen LogP contribution in [-0.2, 0) is 11.3 Å². The van der Waals surface area contributed by atoms with Gasteiger partial charge >= 0.3 is 0 Å². The van der Waals surface area contributed by atoms with E-state index in [-0.39, 0.29) is 18.0 Å². The van der Waals surface area contributed by atoms with Gasteiger partial charge in [-0.25, -0.2) is 4.68 Å². The lowest BCUT2D eigenvalue weighted by molar-refractivity contribution is -0.130. The van der Waals surface area contributed by atoms with E-state index in [9.17, 15) is 9.59 Å². The Kier molecular flexibility index (Phi) is 4.04. The molecule has 1 amide bonds. The first-order valence-electron chi connectivity index (χ1n) is 5.07. The second-order valence-electron chi connectivity index (χ2n) is 3.40. The molecule has 0 radical (unpaired) electrons. The summed E-state index contributed by atoms with van der Waals surface area (Å²) in [6.45, 7) is 2.47. The molecule has 1 heterocycles. The highest BCUT2D eigenvalue weighted by atomic mass is 16.2. The zero-order valence-corrected chi connectivity index (χ0v) is 9.73. The number of carbonyl (C=O) groups is 1. The molecule has 0 saturated carbocycles. The fourth-order valence-electron chi connectivity index (χ4n) is 1.11. The molecule has 0 aromatic carbocycles. The predicted octanol–water partition coefficient (Wildman–Crippen LogP) is -0.237. The lowest BCUT2D eigenvalue weighted by Crippen LogP contribution is -2.34. The van der Waals surface area contributed by atoms with E-state index in [1.807, 2.05) is 6.92 Å². The van der Waals surface area contributed by atoms with Gasteiger partial charge in [-0.3, -0.25) is 9.59 Å². The Hall–Kier alpha value is -1.85. The molecule has 16 heavy (non-hydrogen) atoms. The molecule has 1 aromatic heterocycles. The molecule has 1 rings (SSSR count). The van der Waals surface area contributed by atoms with Gasteiger partial charge in [-0.15, -0.1) is 0 Å². The quantitative estimate of drug-likeness (QED) is 0.766. The normalized spacial score (nSPS) is 9.94. The average Bonchev–Trinajstić information content (AvgIpc) is 2.30. The van der Waals surface area contributed by atoms with E-state index in [4.69, 9.17) is 0 Å². The van der Waals surface area contributed by atoms with Gasteiger partial charge in [0.25, 0.3) is 5.56 Å². The molecule has 0 bridgehead atoms. The van der Waals surface area contributed by atoms with E-state index in [0.717, 1.165) is 4.68 Å². The van der Waals surface area contributed by atoms with Crippen LogP contribution in [0, 0.1) is 0 Å². The molecule has 0 fully saturated rings. The number of hydrogen-bond acceptors (Lipinski definition) is 4. The van der Waals surface area contributed by atoms with Crippen LogP contribution in [0.5, 0.6) is 0 Å². The minimum atomic E-state index is -0.287. The summed E-state index contributed by atoms with van der Waals surface area (Å²) in [7, 11) is 3.39. The van der Waals surface area contributed by atoms with Crippen LogP contribution in [-0.4, -0.2) is 41.2 Å². The van der Waals surface area contributed by atoms with E-state index in [1.165, 1.54) is 12.3 Å². The second-order valence-corrected chi connectivity index (χ2v) is 3.40. The lowest BCUT2D eigenvalue weighted by Gasteiger charge is -2.14. The van der Waals surface area contributed by atoms with Crippen molar-refractivity contribution in [3.63, 3.8) is 0 Å². The van der Waals surface area contributed by atoms with Crippen molar-refractivity contribution in [3.8, 4) is 0 Å². The Labute approximate surface area is 93.9 Å². The molecule has 0 aliphatic carbocycles. The molecule has 0 atom stereocenters. The number of likely N-dealkylation sites (N-methyl/N-ethyl adjacent to an activating group) is 1. The summed E-state index contributed by atoms with van der Waals surface area (Å²) >= 11 is 0. The second kappa shape index (κ2) is 5.29. The first-order valence-corrected chi connectivity index (χ1v) is 5.07. The van der Waals surface area contributed by atoms with Crippen molar-refractivity contribution in [2.75, 3.05) is 26.0 Å². The Balaban J connectivity index is 2.82. The van der Waals surface area contributed by atoms with Crippen molar-refractivity contribution in [2.45, 2.75) is 13.5 Å². The Bertz CT molecular complexity index is 427. The summed E-state index contributed by atoms with van der Waals surface area (Å²) < 4.78 is 1.15. The van der Waals surface area contributed by atoms with Crippen molar-refractivity contribution in [1.82, 2.24) is 14.7 Å². The third kappa shape index (κ3) is 2.82. The minimum Gasteiger partial charge on any atom is -0.387 e. The zero-order chi connectivity index (χ0) is 12.1. The van der Waals surface area contributed by atoms with Gasteiger partial charge in [0.1, 0.15) is 6.54 Å². The number of carbonyl (C=O) groups excluding carboxylic acids is 1. The first kappa shape index (κ1) is 12.2. The van der Waals surface area contributed by atoms with Crippen molar-refractivity contribution in [3.05, 3.63) is 22.6 Å². The molecule has 6 nitrogen and oxygen atoms in total. The number of nitrogens with zero attached hydrogens (tertiary/aromatic N) is 3. The number of nitrogens with one attached hydrogen (secondary N) is 1. The van der Waals surface area contributed by atoms with Crippen LogP contribution in [0.2, 0.25) is 0 Å². The molecule has 6 heteroatoms. The molecule has 88 valence electrons. The maximum atomic E-state index is 11.6. The number of hydrogen-bond donors (Lipinski definition) is 1. The van der Waals surface area contributed by atoms with E-state index in [0.29, 0.717) is 12.2 Å². The van der Waals surface area contributed by atoms with Gasteiger partial charge < -0.3 is 10.2 Å². The molecular weight excluding hydrogens is 208 g/mol. The molecule has 1 aromatic rings. The van der Waals surface area contributed by atoms with E-state index >= 15 is 0 Å². The topological polar surface area (TPSA) is 67.2 Å². The van der Waals surface area contributed by atoms with Crippen molar-refractivity contribution in [1.29, 1.82) is 0 Å². The number of rotatable bonds is 4. The predicted molar refractivity (Wildman–Crippen MR) is 61.4 cm³/mol. The van der Waals surface area contributed by atoms with E-state index in [1.54, 1.807) is 19.0 Å². The summed E-state index contributed by atoms with van der Waals surface area (Å²) in [5.74, 6) is -0.130. The van der Waals surface area contributed by atoms with Gasteiger partial charge in [0.2, 0.25) is 5.91 Å². The third-order valence-electron chi connectivity index (χ3n) is 2.34. The maximum Gasteiger partial charge on any atom is 0.269 e. The molecule has 0 saturated heterocycles. The molecule has 0 unspecified atom stereocenters. The smallest absolute Gasteiger partial charge is 0.269 e. The summed E-state index contributed by atoms with van der Waals surface area (Å²) in [6, 6.07) is 1.41. The summed E-state index contributed by atoms with van der Waals surface area (Å²) in [5.41, 5.74) is 0.349. The van der Waals surface area contributed by atoms with E-state index < -0.39 is 0 Å². The summed E-state index contributed by atoms with van der Waals surface area (Å²) in [6.07, 6.45) is 1.51. The first-order chi connectivity index (χ1) is 7.58. The van der Waals surface area contributed by atoms with Crippen molar-refractivity contribution >= 4 is 11.6 Å². The van der Waals surface area contributed by atoms with Gasteiger partial charge in [-0.1, -0.05) is 0 Å². The minimum absolute atomic E-state index is 0.0207. The SMILES string of the molecule is CCN(C)C(=O)Cn1ncc(NC)cc1=O. The highest BCUT2D eigenvalue weighted by Crippen LogP contribution is 1.97. The van der Waals surface area contributed by atoms with Crippen LogP contribution in [0.15, 0.2) is 17.1 Å². The lowest BCUT2D eigenvalue weighted by atomic mass is 10.4. The van der Waals surface area contributed by atoms with Crippen LogP contribution < -0.4 is 10.9 Å². The number of amides is 1. The fraction of sp³-hybridized carbons (Fsp3) is 0.500. The highest BCUT2D eigenvalue weighted by molar-refractivity contribution is 5.75. The van der Waals surface area contributed by atoms with Crippen molar-refractivity contribution in [2.24, 2.45) is 0 Å². The largest absolute Gasteiger partial charge is 0.387 e. The summed E-state index contributed by atoms with van der Waals surface area (Å²) in [4.78, 5) is 24.6. The van der Waals surface area contributed by atoms with Gasteiger partial charge in [-0.05, 0) is 6.92 Å². The molecule has 0 aliphatic rings. The van der Waals surface area contributed by atoms with Gasteiger partial charge in [0.15, 0.2) is 0 Å². The molecule has 0 aliphatic heterocycles. The van der Waals surface area contributed by atoms with Crippen LogP contribution in [0.3, 0.4) is 0 Å². The third-order valence-corrected chi connectivity index (χ3v) is 2.34. The fourth-order valence-corrected chi connectivity index (χ4v) is 1.11. The molecular formula is C10H16N4O2. The van der Waals surface area contributed by atoms with Crippen LogP contribution in [0.4, 0.5) is 5.69 Å². The molecule has 0 spiro atoms.